The summed E-state index contributed by atoms with van der Waals surface area (Å²) in [6.45, 7) is 0. The molecular weight excluding hydrogens is 170 g/mol. The molecule has 0 radical (unpaired) electrons. The van der Waals surface area contributed by atoms with E-state index < -0.39 is 0 Å². The molecular formula is C8H7N3O2. The first kappa shape index (κ1) is 7.72. The Kier molecular flexibility index (Phi) is 1.70. The smallest absolute Gasteiger partial charge is 0.197 e. The minimum absolute atomic E-state index is 0.509. The molecule has 2 heterocycles. The molecule has 5 heteroatoms. The Morgan fingerprint density at radius 2 is 2.46 bits per heavy atom. The van der Waals surface area contributed by atoms with E-state index in [-0.39, 0.29) is 0 Å². The van der Waals surface area contributed by atoms with Crippen molar-refractivity contribution in [3.63, 3.8) is 0 Å². The van der Waals surface area contributed by atoms with Crippen molar-refractivity contribution in [2.75, 3.05) is 7.11 Å². The van der Waals surface area contributed by atoms with Crippen molar-refractivity contribution in [1.82, 2.24) is 14.6 Å². The maximum Gasteiger partial charge on any atom is 0.197 e. The lowest BCUT2D eigenvalue weighted by Gasteiger charge is -2.01. The van der Waals surface area contributed by atoms with E-state index in [0.717, 1.165) is 6.29 Å². The Morgan fingerprint density at radius 1 is 1.62 bits per heavy atom. The number of pyridine rings is 1. The van der Waals surface area contributed by atoms with E-state index >= 15 is 0 Å². The number of aromatic nitrogens is 3. The number of aldehydes is 1. The van der Waals surface area contributed by atoms with Crippen LogP contribution in [-0.4, -0.2) is 28.0 Å². The Balaban J connectivity index is 2.77. The summed E-state index contributed by atoms with van der Waals surface area (Å²) in [5.41, 5.74) is 1.11. The number of hydrogen-bond donors (Lipinski definition) is 0. The summed E-state index contributed by atoms with van der Waals surface area (Å²) in [5, 5.41) is 3.90. The van der Waals surface area contributed by atoms with E-state index in [1.54, 1.807) is 12.3 Å². The van der Waals surface area contributed by atoms with Gasteiger partial charge in [0.1, 0.15) is 6.33 Å². The van der Waals surface area contributed by atoms with Gasteiger partial charge in [-0.25, -0.2) is 9.50 Å². The standard InChI is InChI=1S/C8H7N3O2/c1-13-7-2-6(4-12)3-11-8(7)9-5-10-11/h2-5H,1H3. The first-order valence-corrected chi connectivity index (χ1v) is 3.67. The topological polar surface area (TPSA) is 56.5 Å². The van der Waals surface area contributed by atoms with Crippen LogP contribution in [0.3, 0.4) is 0 Å². The van der Waals surface area contributed by atoms with Crippen molar-refractivity contribution in [2.24, 2.45) is 0 Å². The fourth-order valence-electron chi connectivity index (χ4n) is 1.13. The number of rotatable bonds is 2. The molecule has 0 saturated carbocycles. The number of carbonyl (C=O) groups excluding carboxylic acids is 1. The zero-order chi connectivity index (χ0) is 9.26. The molecule has 66 valence electrons. The van der Waals surface area contributed by atoms with Gasteiger partial charge in [0.2, 0.25) is 0 Å². The Morgan fingerprint density at radius 3 is 3.15 bits per heavy atom. The van der Waals surface area contributed by atoms with Gasteiger partial charge in [0, 0.05) is 11.8 Å². The van der Waals surface area contributed by atoms with Gasteiger partial charge < -0.3 is 4.74 Å². The normalized spacial score (nSPS) is 10.2. The van der Waals surface area contributed by atoms with Crippen LogP contribution in [0.4, 0.5) is 0 Å². The summed E-state index contributed by atoms with van der Waals surface area (Å²) in [4.78, 5) is 14.5. The quantitative estimate of drug-likeness (QED) is 0.628. The van der Waals surface area contributed by atoms with Gasteiger partial charge in [-0.1, -0.05) is 0 Å². The van der Waals surface area contributed by atoms with Crippen LogP contribution in [0.1, 0.15) is 10.4 Å². The number of carbonyl (C=O) groups is 1. The van der Waals surface area contributed by atoms with E-state index in [1.807, 2.05) is 0 Å². The number of ether oxygens (including phenoxy) is 1. The van der Waals surface area contributed by atoms with Crippen LogP contribution < -0.4 is 4.74 Å². The maximum atomic E-state index is 10.5. The number of hydrogen-bond acceptors (Lipinski definition) is 4. The average Bonchev–Trinajstić information content (AvgIpc) is 2.63. The highest BCUT2D eigenvalue weighted by atomic mass is 16.5. The molecule has 0 spiro atoms. The van der Waals surface area contributed by atoms with Crippen LogP contribution in [0, 0.1) is 0 Å². The lowest BCUT2D eigenvalue weighted by Crippen LogP contribution is -1.95. The van der Waals surface area contributed by atoms with Gasteiger partial charge in [-0.3, -0.25) is 4.79 Å². The zero-order valence-corrected chi connectivity index (χ0v) is 6.97. The van der Waals surface area contributed by atoms with Crippen LogP contribution >= 0.6 is 0 Å². The second-order valence-electron chi connectivity index (χ2n) is 2.49. The van der Waals surface area contributed by atoms with E-state index in [1.165, 1.54) is 18.0 Å². The third-order valence-corrected chi connectivity index (χ3v) is 1.72. The molecule has 2 aromatic heterocycles. The molecule has 0 unspecified atom stereocenters. The molecule has 5 nitrogen and oxygen atoms in total. The average molecular weight is 177 g/mol. The molecule has 2 aromatic rings. The van der Waals surface area contributed by atoms with E-state index in [0.29, 0.717) is 17.0 Å². The summed E-state index contributed by atoms with van der Waals surface area (Å²) in [7, 11) is 1.53. The van der Waals surface area contributed by atoms with Gasteiger partial charge in [0.25, 0.3) is 0 Å². The van der Waals surface area contributed by atoms with Crippen molar-refractivity contribution >= 4 is 11.9 Å². The number of nitrogens with zero attached hydrogens (tertiary/aromatic N) is 3. The largest absolute Gasteiger partial charge is 0.493 e. The van der Waals surface area contributed by atoms with E-state index in [4.69, 9.17) is 4.74 Å². The molecule has 0 aromatic carbocycles. The molecule has 0 saturated heterocycles. The summed E-state index contributed by atoms with van der Waals surface area (Å²) >= 11 is 0. The third kappa shape index (κ3) is 1.14. The van der Waals surface area contributed by atoms with Crippen LogP contribution in [0.2, 0.25) is 0 Å². The molecule has 0 N–H and O–H groups in total. The monoisotopic (exact) mass is 177 g/mol. The highest BCUT2D eigenvalue weighted by Crippen LogP contribution is 2.17. The van der Waals surface area contributed by atoms with Crippen molar-refractivity contribution in [3.8, 4) is 5.75 Å². The van der Waals surface area contributed by atoms with E-state index in [9.17, 15) is 4.79 Å². The summed E-state index contributed by atoms with van der Waals surface area (Å²) < 4.78 is 6.55. The van der Waals surface area contributed by atoms with Crippen LogP contribution in [0.15, 0.2) is 18.6 Å². The molecule has 13 heavy (non-hydrogen) atoms. The molecule has 2 rings (SSSR count). The molecule has 0 aliphatic heterocycles. The first-order chi connectivity index (χ1) is 6.35. The fourth-order valence-corrected chi connectivity index (χ4v) is 1.13. The van der Waals surface area contributed by atoms with Crippen LogP contribution in [-0.2, 0) is 0 Å². The minimum Gasteiger partial charge on any atom is -0.493 e. The fraction of sp³-hybridized carbons (Fsp3) is 0.125. The van der Waals surface area contributed by atoms with Gasteiger partial charge in [-0.05, 0) is 6.07 Å². The zero-order valence-electron chi connectivity index (χ0n) is 6.97. The van der Waals surface area contributed by atoms with Crippen molar-refractivity contribution in [1.29, 1.82) is 0 Å². The lowest BCUT2D eigenvalue weighted by atomic mass is 10.3. The van der Waals surface area contributed by atoms with Gasteiger partial charge in [-0.2, -0.15) is 5.10 Å². The Hall–Kier alpha value is -1.91. The molecule has 0 atom stereocenters. The van der Waals surface area contributed by atoms with Gasteiger partial charge in [0.05, 0.1) is 7.11 Å². The van der Waals surface area contributed by atoms with Gasteiger partial charge >= 0.3 is 0 Å². The van der Waals surface area contributed by atoms with Crippen molar-refractivity contribution in [2.45, 2.75) is 0 Å². The molecule has 0 aliphatic carbocycles. The highest BCUT2D eigenvalue weighted by molar-refractivity contribution is 5.76. The number of methoxy groups -OCH3 is 1. The highest BCUT2D eigenvalue weighted by Gasteiger charge is 2.05. The Labute approximate surface area is 74.0 Å². The van der Waals surface area contributed by atoms with Crippen LogP contribution in [0.25, 0.3) is 5.65 Å². The summed E-state index contributed by atoms with van der Waals surface area (Å²) in [6.07, 6.45) is 3.74. The van der Waals surface area contributed by atoms with Crippen LogP contribution in [0.5, 0.6) is 5.75 Å². The number of fused-ring (bicyclic) bond motifs is 1. The van der Waals surface area contributed by atoms with E-state index in [2.05, 4.69) is 10.1 Å². The SMILES string of the molecule is COc1cc(C=O)cn2ncnc12. The van der Waals surface area contributed by atoms with Gasteiger partial charge in [-0.15, -0.1) is 0 Å². The molecule has 0 bridgehead atoms. The predicted molar refractivity (Wildman–Crippen MR) is 44.9 cm³/mol. The second-order valence-corrected chi connectivity index (χ2v) is 2.49. The van der Waals surface area contributed by atoms with Crippen molar-refractivity contribution in [3.05, 3.63) is 24.2 Å². The molecule has 0 amide bonds. The van der Waals surface area contributed by atoms with Gasteiger partial charge in [0.15, 0.2) is 17.7 Å². The maximum absolute atomic E-state index is 10.5. The lowest BCUT2D eigenvalue weighted by molar-refractivity contribution is 0.112. The second kappa shape index (κ2) is 2.85. The minimum atomic E-state index is 0.509. The summed E-state index contributed by atoms with van der Waals surface area (Å²) in [6, 6.07) is 1.62. The first-order valence-electron chi connectivity index (χ1n) is 3.67. The predicted octanol–water partition coefficient (Wildman–Crippen LogP) is 0.550. The Bertz CT molecular complexity index is 450. The molecule has 0 aliphatic rings. The van der Waals surface area contributed by atoms with Crippen molar-refractivity contribution < 1.29 is 9.53 Å². The third-order valence-electron chi connectivity index (χ3n) is 1.72. The summed E-state index contributed by atoms with van der Waals surface area (Å²) in [5.74, 6) is 0.544. The molecule has 0 fully saturated rings.